The zero-order chi connectivity index (χ0) is 22.3. The number of aromatic nitrogens is 1. The van der Waals surface area contributed by atoms with E-state index in [9.17, 15) is 4.79 Å². The standard InChI is InChI=1S/C26H27N3OS/c1-15-10-11-22(18(4)12-15)27-26-28-25(30)23(31-26)14-21-13-19(5)29(20(21)6)24-16(2)8-7-9-17(24)3/h7-14H,1-6H3,(H,27,28,30)/b23-14+. The lowest BCUT2D eigenvalue weighted by molar-refractivity contribution is -0.115. The summed E-state index contributed by atoms with van der Waals surface area (Å²) in [4.78, 5) is 17.9. The van der Waals surface area contributed by atoms with Crippen molar-refractivity contribution in [2.45, 2.75) is 41.5 Å². The molecule has 5 heteroatoms. The molecule has 31 heavy (non-hydrogen) atoms. The van der Waals surface area contributed by atoms with Crippen LogP contribution in [-0.2, 0) is 4.79 Å². The van der Waals surface area contributed by atoms with Crippen molar-refractivity contribution in [3.63, 3.8) is 0 Å². The Hall–Kier alpha value is -3.05. The SMILES string of the molecule is Cc1ccc(N=C2NC(=O)/C(=C\c3cc(C)n(-c4c(C)cccc4C)c3C)S2)c(C)c1. The fourth-order valence-electron chi connectivity index (χ4n) is 4.10. The molecule has 0 bridgehead atoms. The van der Waals surface area contributed by atoms with E-state index >= 15 is 0 Å². The normalized spacial score (nSPS) is 16.4. The molecule has 1 N–H and O–H groups in total. The van der Waals surface area contributed by atoms with Gasteiger partial charge in [0.2, 0.25) is 0 Å². The molecule has 2 aromatic carbocycles. The van der Waals surface area contributed by atoms with Gasteiger partial charge in [0.15, 0.2) is 5.17 Å². The predicted octanol–water partition coefficient (Wildman–Crippen LogP) is 6.22. The molecular weight excluding hydrogens is 402 g/mol. The zero-order valence-corrected chi connectivity index (χ0v) is 19.6. The molecule has 1 saturated heterocycles. The number of nitrogens with zero attached hydrogens (tertiary/aromatic N) is 2. The molecule has 4 nitrogen and oxygen atoms in total. The lowest BCUT2D eigenvalue weighted by Crippen LogP contribution is -2.19. The van der Waals surface area contributed by atoms with Gasteiger partial charge in [0.25, 0.3) is 5.91 Å². The summed E-state index contributed by atoms with van der Waals surface area (Å²) >= 11 is 1.39. The topological polar surface area (TPSA) is 46.4 Å². The third kappa shape index (κ3) is 4.10. The molecule has 0 atom stereocenters. The van der Waals surface area contributed by atoms with Gasteiger partial charge < -0.3 is 9.88 Å². The first-order valence-corrected chi connectivity index (χ1v) is 11.2. The van der Waals surface area contributed by atoms with E-state index in [4.69, 9.17) is 0 Å². The maximum Gasteiger partial charge on any atom is 0.264 e. The van der Waals surface area contributed by atoms with Crippen LogP contribution in [0.15, 0.2) is 52.4 Å². The van der Waals surface area contributed by atoms with Crippen LogP contribution in [0.2, 0.25) is 0 Å². The highest BCUT2D eigenvalue weighted by Gasteiger charge is 2.25. The number of aryl methyl sites for hydroxylation is 5. The van der Waals surface area contributed by atoms with Crippen LogP contribution >= 0.6 is 11.8 Å². The minimum atomic E-state index is -0.106. The molecule has 158 valence electrons. The van der Waals surface area contributed by atoms with Crippen LogP contribution in [0.4, 0.5) is 5.69 Å². The summed E-state index contributed by atoms with van der Waals surface area (Å²) in [6.45, 7) is 12.6. The summed E-state index contributed by atoms with van der Waals surface area (Å²) in [7, 11) is 0. The number of hydrogen-bond acceptors (Lipinski definition) is 3. The van der Waals surface area contributed by atoms with E-state index in [0.29, 0.717) is 10.1 Å². The lowest BCUT2D eigenvalue weighted by atomic mass is 10.1. The van der Waals surface area contributed by atoms with E-state index in [1.54, 1.807) is 0 Å². The third-order valence-corrected chi connectivity index (χ3v) is 6.56. The van der Waals surface area contributed by atoms with Crippen LogP contribution in [0.5, 0.6) is 0 Å². The number of para-hydroxylation sites is 1. The van der Waals surface area contributed by atoms with Crippen LogP contribution in [0, 0.1) is 41.5 Å². The highest BCUT2D eigenvalue weighted by atomic mass is 32.2. The number of aliphatic imine (C=N–C) groups is 1. The van der Waals surface area contributed by atoms with Crippen molar-refractivity contribution < 1.29 is 4.79 Å². The van der Waals surface area contributed by atoms with Crippen molar-refractivity contribution in [2.75, 3.05) is 0 Å². The number of carbonyl (C=O) groups is 1. The van der Waals surface area contributed by atoms with Gasteiger partial charge in [-0.3, -0.25) is 4.79 Å². The second kappa shape index (κ2) is 8.23. The van der Waals surface area contributed by atoms with Gasteiger partial charge in [0.1, 0.15) is 0 Å². The number of nitrogens with one attached hydrogen (secondary N) is 1. The number of amides is 1. The van der Waals surface area contributed by atoms with Crippen LogP contribution in [0.3, 0.4) is 0 Å². The molecule has 1 aromatic heterocycles. The molecule has 3 aromatic rings. The second-order valence-electron chi connectivity index (χ2n) is 8.17. The Morgan fingerprint density at radius 1 is 0.935 bits per heavy atom. The van der Waals surface area contributed by atoms with Crippen LogP contribution in [-0.4, -0.2) is 15.6 Å². The molecule has 0 aliphatic carbocycles. The van der Waals surface area contributed by atoms with Gasteiger partial charge in [0.05, 0.1) is 16.3 Å². The highest BCUT2D eigenvalue weighted by Crippen LogP contribution is 2.32. The fraction of sp³-hybridized carbons (Fsp3) is 0.231. The van der Waals surface area contributed by atoms with Crippen molar-refractivity contribution >= 4 is 34.6 Å². The zero-order valence-electron chi connectivity index (χ0n) is 18.8. The minimum absolute atomic E-state index is 0.106. The van der Waals surface area contributed by atoms with Crippen LogP contribution in [0.1, 0.15) is 39.2 Å². The summed E-state index contributed by atoms with van der Waals surface area (Å²) in [6, 6.07) is 14.6. The number of benzene rings is 2. The van der Waals surface area contributed by atoms with Crippen molar-refractivity contribution in [2.24, 2.45) is 4.99 Å². The maximum atomic E-state index is 12.6. The largest absolute Gasteiger partial charge is 0.317 e. The summed E-state index contributed by atoms with van der Waals surface area (Å²) in [5, 5.41) is 3.52. The van der Waals surface area contributed by atoms with Crippen molar-refractivity contribution in [1.82, 2.24) is 9.88 Å². The minimum Gasteiger partial charge on any atom is -0.317 e. The first-order chi connectivity index (χ1) is 14.7. The number of rotatable bonds is 3. The quantitative estimate of drug-likeness (QED) is 0.503. The van der Waals surface area contributed by atoms with Gasteiger partial charge in [0, 0.05) is 11.4 Å². The van der Waals surface area contributed by atoms with Gasteiger partial charge in [-0.15, -0.1) is 0 Å². The third-order valence-electron chi connectivity index (χ3n) is 5.65. The first kappa shape index (κ1) is 21.2. The smallest absolute Gasteiger partial charge is 0.264 e. The van der Waals surface area contributed by atoms with Crippen molar-refractivity contribution in [3.8, 4) is 5.69 Å². The van der Waals surface area contributed by atoms with Gasteiger partial charge in [-0.2, -0.15) is 0 Å². The average Bonchev–Trinajstić information content (AvgIpc) is 3.17. The summed E-state index contributed by atoms with van der Waals surface area (Å²) in [5.41, 5.74) is 10.2. The number of amidine groups is 1. The average molecular weight is 430 g/mol. The maximum absolute atomic E-state index is 12.6. The van der Waals surface area contributed by atoms with Gasteiger partial charge in [-0.05, 0) is 93.8 Å². The van der Waals surface area contributed by atoms with E-state index in [1.807, 2.05) is 25.1 Å². The Labute approximate surface area is 188 Å². The Morgan fingerprint density at radius 3 is 2.32 bits per heavy atom. The van der Waals surface area contributed by atoms with Crippen LogP contribution < -0.4 is 5.32 Å². The van der Waals surface area contributed by atoms with E-state index in [2.05, 4.69) is 79.8 Å². The van der Waals surface area contributed by atoms with Gasteiger partial charge in [-0.25, -0.2) is 4.99 Å². The molecule has 0 radical (unpaired) electrons. The van der Waals surface area contributed by atoms with E-state index in [-0.39, 0.29) is 5.91 Å². The molecule has 0 unspecified atom stereocenters. The first-order valence-electron chi connectivity index (χ1n) is 10.4. The molecular formula is C26H27N3OS. The number of hydrogen-bond donors (Lipinski definition) is 1. The number of carbonyl (C=O) groups excluding carboxylic acids is 1. The molecule has 2 heterocycles. The predicted molar refractivity (Wildman–Crippen MR) is 131 cm³/mol. The van der Waals surface area contributed by atoms with Crippen molar-refractivity contribution in [1.29, 1.82) is 0 Å². The summed E-state index contributed by atoms with van der Waals surface area (Å²) in [5.74, 6) is -0.106. The van der Waals surface area contributed by atoms with Gasteiger partial charge in [-0.1, -0.05) is 35.9 Å². The van der Waals surface area contributed by atoms with E-state index < -0.39 is 0 Å². The summed E-state index contributed by atoms with van der Waals surface area (Å²) < 4.78 is 2.28. The van der Waals surface area contributed by atoms with E-state index in [0.717, 1.165) is 28.2 Å². The molecule has 1 amide bonds. The molecule has 1 fully saturated rings. The second-order valence-corrected chi connectivity index (χ2v) is 9.20. The Balaban J connectivity index is 1.68. The molecule has 0 spiro atoms. The molecule has 1 aliphatic rings. The Morgan fingerprint density at radius 2 is 1.65 bits per heavy atom. The monoisotopic (exact) mass is 429 g/mol. The Kier molecular flexibility index (Phi) is 5.63. The molecule has 0 saturated carbocycles. The summed E-state index contributed by atoms with van der Waals surface area (Å²) in [6.07, 6.45) is 1.97. The molecule has 1 aliphatic heterocycles. The highest BCUT2D eigenvalue weighted by molar-refractivity contribution is 8.18. The Bertz CT molecular complexity index is 1240. The number of thioether (sulfide) groups is 1. The van der Waals surface area contributed by atoms with E-state index in [1.165, 1.54) is 34.1 Å². The molecule has 4 rings (SSSR count). The van der Waals surface area contributed by atoms with Gasteiger partial charge >= 0.3 is 0 Å². The lowest BCUT2D eigenvalue weighted by Gasteiger charge is -2.15. The van der Waals surface area contributed by atoms with Crippen molar-refractivity contribution in [3.05, 3.63) is 86.6 Å². The van der Waals surface area contributed by atoms with Crippen LogP contribution in [0.25, 0.3) is 11.8 Å². The fourth-order valence-corrected chi connectivity index (χ4v) is 4.92.